The summed E-state index contributed by atoms with van der Waals surface area (Å²) in [5.41, 5.74) is 9.17. The largest absolute Gasteiger partial charge is 0.339 e. The number of aryl methyl sites for hydroxylation is 2. The van der Waals surface area contributed by atoms with E-state index in [4.69, 9.17) is 5.73 Å². The van der Waals surface area contributed by atoms with Gasteiger partial charge in [0.25, 0.3) is 0 Å². The Hall–Kier alpha value is -1.44. The molecule has 1 aliphatic rings. The number of hydrogen-bond acceptors (Lipinski definition) is 4. The Bertz CT molecular complexity index is 723. The normalized spacial score (nSPS) is 17.8. The van der Waals surface area contributed by atoms with Crippen LogP contribution in [0.4, 0.5) is 0 Å². The second kappa shape index (κ2) is 6.82. The van der Waals surface area contributed by atoms with E-state index in [1.807, 2.05) is 33.8 Å². The maximum Gasteiger partial charge on any atom is 0.243 e. The topological polar surface area (TPSA) is 83.7 Å². The molecule has 1 fully saturated rings. The predicted molar refractivity (Wildman–Crippen MR) is 94.4 cm³/mol. The molecule has 0 aromatic heterocycles. The van der Waals surface area contributed by atoms with Crippen molar-refractivity contribution in [1.82, 2.24) is 9.21 Å². The molecule has 1 saturated heterocycles. The second-order valence-corrected chi connectivity index (χ2v) is 8.48. The van der Waals surface area contributed by atoms with E-state index in [0.717, 1.165) is 22.3 Å². The molecule has 0 saturated carbocycles. The van der Waals surface area contributed by atoms with Gasteiger partial charge in [0.15, 0.2) is 0 Å². The zero-order chi connectivity index (χ0) is 18.2. The molecule has 7 heteroatoms. The average Bonchev–Trinajstić information content (AvgIpc) is 2.52. The molecule has 1 amide bonds. The summed E-state index contributed by atoms with van der Waals surface area (Å²) in [4.78, 5) is 14.0. The van der Waals surface area contributed by atoms with Crippen LogP contribution in [0.5, 0.6) is 0 Å². The first kappa shape index (κ1) is 18.9. The van der Waals surface area contributed by atoms with Crippen molar-refractivity contribution in [3.05, 3.63) is 28.3 Å². The summed E-state index contributed by atoms with van der Waals surface area (Å²) >= 11 is 0. The van der Waals surface area contributed by atoms with Crippen LogP contribution in [0.1, 0.15) is 29.2 Å². The van der Waals surface area contributed by atoms with Crippen LogP contribution >= 0.6 is 0 Å². The number of nitrogens with zero attached hydrogens (tertiary/aromatic N) is 2. The van der Waals surface area contributed by atoms with Crippen molar-refractivity contribution < 1.29 is 13.2 Å². The van der Waals surface area contributed by atoms with E-state index in [-0.39, 0.29) is 5.91 Å². The molecule has 0 spiro atoms. The minimum atomic E-state index is -3.57. The lowest BCUT2D eigenvalue weighted by Crippen LogP contribution is -2.53. The third kappa shape index (κ3) is 3.34. The van der Waals surface area contributed by atoms with Gasteiger partial charge in [0.1, 0.15) is 0 Å². The lowest BCUT2D eigenvalue weighted by Gasteiger charge is -2.35. The highest BCUT2D eigenvalue weighted by Crippen LogP contribution is 2.29. The molecule has 1 atom stereocenters. The number of hydrogen-bond donors (Lipinski definition) is 1. The highest BCUT2D eigenvalue weighted by molar-refractivity contribution is 7.89. The van der Waals surface area contributed by atoms with Crippen molar-refractivity contribution >= 4 is 15.9 Å². The van der Waals surface area contributed by atoms with Crippen molar-refractivity contribution in [2.75, 3.05) is 26.2 Å². The van der Waals surface area contributed by atoms with Crippen molar-refractivity contribution in [3.8, 4) is 0 Å². The molecular formula is C17H27N3O3S. The fourth-order valence-electron chi connectivity index (χ4n) is 3.13. The van der Waals surface area contributed by atoms with E-state index in [0.29, 0.717) is 31.1 Å². The van der Waals surface area contributed by atoms with Crippen molar-refractivity contribution in [2.24, 2.45) is 5.73 Å². The van der Waals surface area contributed by atoms with Gasteiger partial charge in [-0.05, 0) is 56.9 Å². The minimum Gasteiger partial charge on any atom is -0.339 e. The average molecular weight is 353 g/mol. The summed E-state index contributed by atoms with van der Waals surface area (Å²) in [5.74, 6) is -0.134. The summed E-state index contributed by atoms with van der Waals surface area (Å²) in [6.45, 7) is 10.6. The summed E-state index contributed by atoms with van der Waals surface area (Å²) in [6, 6.07) is 1.46. The Morgan fingerprint density at radius 3 is 1.92 bits per heavy atom. The molecule has 0 bridgehead atoms. The molecule has 6 nitrogen and oxygen atoms in total. The maximum absolute atomic E-state index is 13.1. The first-order valence-corrected chi connectivity index (χ1v) is 9.63. The molecule has 2 rings (SSSR count). The quantitative estimate of drug-likeness (QED) is 0.882. The SMILES string of the molecule is Cc1cc(C)c(C)c(S(=O)(=O)N2CCN(C(=O)[C@@H](C)N)CC2)c1C. The van der Waals surface area contributed by atoms with E-state index in [2.05, 4.69) is 0 Å². The number of rotatable bonds is 3. The minimum absolute atomic E-state index is 0.134. The summed E-state index contributed by atoms with van der Waals surface area (Å²) < 4.78 is 27.8. The molecule has 1 aromatic rings. The number of piperazine rings is 1. The van der Waals surface area contributed by atoms with Crippen LogP contribution in [-0.4, -0.2) is 55.8 Å². The molecule has 2 N–H and O–H groups in total. The van der Waals surface area contributed by atoms with E-state index in [1.165, 1.54) is 4.31 Å². The van der Waals surface area contributed by atoms with Crippen LogP contribution in [0.3, 0.4) is 0 Å². The number of sulfonamides is 1. The predicted octanol–water partition coefficient (Wildman–Crippen LogP) is 1.10. The van der Waals surface area contributed by atoms with Gasteiger partial charge in [-0.15, -0.1) is 0 Å². The number of amides is 1. The fraction of sp³-hybridized carbons (Fsp3) is 0.588. The van der Waals surface area contributed by atoms with Gasteiger partial charge in [-0.25, -0.2) is 8.42 Å². The molecule has 1 aromatic carbocycles. The third-order valence-electron chi connectivity index (χ3n) is 4.83. The van der Waals surface area contributed by atoms with Crippen LogP contribution in [0.2, 0.25) is 0 Å². The van der Waals surface area contributed by atoms with Gasteiger partial charge < -0.3 is 10.6 Å². The van der Waals surface area contributed by atoms with Crippen molar-refractivity contribution in [1.29, 1.82) is 0 Å². The molecule has 24 heavy (non-hydrogen) atoms. The van der Waals surface area contributed by atoms with E-state index in [9.17, 15) is 13.2 Å². The molecule has 0 radical (unpaired) electrons. The Labute approximate surface area is 144 Å². The number of benzene rings is 1. The van der Waals surface area contributed by atoms with Gasteiger partial charge in [0.2, 0.25) is 15.9 Å². The van der Waals surface area contributed by atoms with E-state index < -0.39 is 16.1 Å². The lowest BCUT2D eigenvalue weighted by atomic mass is 10.0. The Morgan fingerprint density at radius 2 is 1.50 bits per heavy atom. The molecular weight excluding hydrogens is 326 g/mol. The van der Waals surface area contributed by atoms with Gasteiger partial charge in [0.05, 0.1) is 10.9 Å². The van der Waals surface area contributed by atoms with Gasteiger partial charge in [0, 0.05) is 26.2 Å². The molecule has 1 aliphatic heterocycles. The maximum atomic E-state index is 13.1. The highest BCUT2D eigenvalue weighted by atomic mass is 32.2. The van der Waals surface area contributed by atoms with E-state index in [1.54, 1.807) is 11.8 Å². The van der Waals surface area contributed by atoms with Crippen LogP contribution in [0, 0.1) is 27.7 Å². The number of carbonyl (C=O) groups excluding carboxylic acids is 1. The van der Waals surface area contributed by atoms with Gasteiger partial charge in [-0.2, -0.15) is 4.31 Å². The zero-order valence-electron chi connectivity index (χ0n) is 15.1. The Kier molecular flexibility index (Phi) is 5.37. The molecule has 0 unspecified atom stereocenters. The van der Waals surface area contributed by atoms with E-state index >= 15 is 0 Å². The zero-order valence-corrected chi connectivity index (χ0v) is 15.9. The van der Waals surface area contributed by atoms with Gasteiger partial charge >= 0.3 is 0 Å². The monoisotopic (exact) mass is 353 g/mol. The summed E-state index contributed by atoms with van der Waals surface area (Å²) in [5, 5.41) is 0. The Balaban J connectivity index is 2.30. The first-order valence-electron chi connectivity index (χ1n) is 8.19. The summed E-state index contributed by atoms with van der Waals surface area (Å²) in [7, 11) is -3.57. The molecule has 0 aliphatic carbocycles. The lowest BCUT2D eigenvalue weighted by molar-refractivity contribution is -0.133. The third-order valence-corrected chi connectivity index (χ3v) is 7.01. The number of nitrogens with two attached hydrogens (primary N) is 1. The van der Waals surface area contributed by atoms with Crippen LogP contribution < -0.4 is 5.73 Å². The number of carbonyl (C=O) groups is 1. The van der Waals surface area contributed by atoms with Crippen molar-refractivity contribution in [3.63, 3.8) is 0 Å². The van der Waals surface area contributed by atoms with Crippen LogP contribution in [0.25, 0.3) is 0 Å². The molecule has 134 valence electrons. The van der Waals surface area contributed by atoms with Crippen LogP contribution in [0.15, 0.2) is 11.0 Å². The van der Waals surface area contributed by atoms with Crippen molar-refractivity contribution in [2.45, 2.75) is 45.6 Å². The molecule has 1 heterocycles. The second-order valence-electron chi connectivity index (χ2n) is 6.61. The Morgan fingerprint density at radius 1 is 1.04 bits per heavy atom. The van der Waals surface area contributed by atoms with Crippen LogP contribution in [-0.2, 0) is 14.8 Å². The standard InChI is InChI=1S/C17H27N3O3S/c1-11-10-12(2)14(4)16(13(11)3)24(22,23)20-8-6-19(7-9-20)17(21)15(5)18/h10,15H,6-9,18H2,1-5H3/t15-/m1/s1. The first-order chi connectivity index (χ1) is 11.1. The smallest absolute Gasteiger partial charge is 0.243 e. The fourth-order valence-corrected chi connectivity index (χ4v) is 5.13. The highest BCUT2D eigenvalue weighted by Gasteiger charge is 2.33. The van der Waals surface area contributed by atoms with Gasteiger partial charge in [-0.1, -0.05) is 6.07 Å². The van der Waals surface area contributed by atoms with Gasteiger partial charge in [-0.3, -0.25) is 4.79 Å². The summed E-state index contributed by atoms with van der Waals surface area (Å²) in [6.07, 6.45) is 0.